The molecule has 2 rings (SSSR count). The van der Waals surface area contributed by atoms with Gasteiger partial charge in [0.2, 0.25) is 0 Å². The predicted molar refractivity (Wildman–Crippen MR) is 64.5 cm³/mol. The van der Waals surface area contributed by atoms with Gasteiger partial charge in [-0.1, -0.05) is 0 Å². The first-order valence-electron chi connectivity index (χ1n) is 5.27. The fourth-order valence-electron chi connectivity index (χ4n) is 1.70. The molecule has 1 heterocycles. The number of aromatic nitrogens is 1. The van der Waals surface area contributed by atoms with E-state index in [1.54, 1.807) is 33.2 Å². The number of aryl methyl sites for hydroxylation is 1. The number of hydrogen-bond donors (Lipinski definition) is 0. The molecule has 88 valence electrons. The highest BCUT2D eigenvalue weighted by molar-refractivity contribution is 5.98. The number of halogens is 1. The van der Waals surface area contributed by atoms with Crippen LogP contribution in [-0.4, -0.2) is 29.9 Å². The van der Waals surface area contributed by atoms with Crippen LogP contribution >= 0.6 is 0 Å². The molecule has 0 aliphatic heterocycles. The van der Waals surface area contributed by atoms with Crippen LogP contribution in [0.25, 0.3) is 10.9 Å². The summed E-state index contributed by atoms with van der Waals surface area (Å²) in [5.41, 5.74) is 1.86. The molecule has 0 saturated carbocycles. The summed E-state index contributed by atoms with van der Waals surface area (Å²) in [6.07, 6.45) is 0. The zero-order valence-electron chi connectivity index (χ0n) is 9.99. The first-order valence-corrected chi connectivity index (χ1v) is 5.27. The van der Waals surface area contributed by atoms with Crippen molar-refractivity contribution in [3.63, 3.8) is 0 Å². The van der Waals surface area contributed by atoms with Gasteiger partial charge in [0, 0.05) is 19.5 Å². The quantitative estimate of drug-likeness (QED) is 0.756. The van der Waals surface area contributed by atoms with Crippen molar-refractivity contribution in [2.45, 2.75) is 6.92 Å². The van der Waals surface area contributed by atoms with E-state index in [1.807, 2.05) is 0 Å². The van der Waals surface area contributed by atoms with Gasteiger partial charge < -0.3 is 4.90 Å². The molecule has 1 aromatic heterocycles. The second-order valence-electron chi connectivity index (χ2n) is 4.16. The van der Waals surface area contributed by atoms with E-state index in [1.165, 1.54) is 17.0 Å². The molecule has 0 atom stereocenters. The molecule has 2 aromatic rings. The third-order valence-electron chi connectivity index (χ3n) is 2.60. The third kappa shape index (κ3) is 2.11. The molecule has 0 aliphatic rings. The molecule has 0 N–H and O–H groups in total. The van der Waals surface area contributed by atoms with E-state index in [0.717, 1.165) is 0 Å². The van der Waals surface area contributed by atoms with E-state index in [0.29, 0.717) is 22.2 Å². The lowest BCUT2D eigenvalue weighted by Gasteiger charge is -2.12. The SMILES string of the molecule is Cc1nc2ccc(F)cc2cc1C(=O)N(C)C. The summed E-state index contributed by atoms with van der Waals surface area (Å²) in [7, 11) is 3.36. The van der Waals surface area contributed by atoms with E-state index >= 15 is 0 Å². The monoisotopic (exact) mass is 232 g/mol. The number of carbonyl (C=O) groups is 1. The highest BCUT2D eigenvalue weighted by Gasteiger charge is 2.13. The molecule has 0 fully saturated rings. The molecule has 3 nitrogen and oxygen atoms in total. The molecule has 0 saturated heterocycles. The van der Waals surface area contributed by atoms with Gasteiger partial charge in [0.25, 0.3) is 5.91 Å². The molecule has 17 heavy (non-hydrogen) atoms. The molecule has 0 unspecified atom stereocenters. The van der Waals surface area contributed by atoms with Crippen LogP contribution in [0.2, 0.25) is 0 Å². The molecule has 1 aromatic carbocycles. The van der Waals surface area contributed by atoms with Gasteiger partial charge in [-0.25, -0.2) is 4.39 Å². The minimum absolute atomic E-state index is 0.124. The Morgan fingerprint density at radius 2 is 2.00 bits per heavy atom. The number of nitrogens with zero attached hydrogens (tertiary/aromatic N) is 2. The van der Waals surface area contributed by atoms with Crippen molar-refractivity contribution in [2.75, 3.05) is 14.1 Å². The average molecular weight is 232 g/mol. The summed E-state index contributed by atoms with van der Waals surface area (Å²) in [4.78, 5) is 17.7. The van der Waals surface area contributed by atoms with E-state index < -0.39 is 0 Å². The maximum absolute atomic E-state index is 13.1. The van der Waals surface area contributed by atoms with Crippen LogP contribution in [0.4, 0.5) is 4.39 Å². The number of fused-ring (bicyclic) bond motifs is 1. The van der Waals surface area contributed by atoms with Gasteiger partial charge in [0.15, 0.2) is 0 Å². The predicted octanol–water partition coefficient (Wildman–Crippen LogP) is 2.38. The Balaban J connectivity index is 2.65. The molecule has 0 spiro atoms. The summed E-state index contributed by atoms with van der Waals surface area (Å²) in [5.74, 6) is -0.451. The van der Waals surface area contributed by atoms with Crippen LogP contribution in [0.5, 0.6) is 0 Å². The molecule has 0 bridgehead atoms. The highest BCUT2D eigenvalue weighted by atomic mass is 19.1. The molecule has 0 radical (unpaired) electrons. The summed E-state index contributed by atoms with van der Waals surface area (Å²) in [6.45, 7) is 1.78. The van der Waals surface area contributed by atoms with Crippen molar-refractivity contribution in [1.82, 2.24) is 9.88 Å². The summed E-state index contributed by atoms with van der Waals surface area (Å²) in [6, 6.07) is 6.04. The van der Waals surface area contributed by atoms with E-state index in [4.69, 9.17) is 0 Å². The minimum Gasteiger partial charge on any atom is -0.345 e. The zero-order valence-corrected chi connectivity index (χ0v) is 9.99. The second kappa shape index (κ2) is 4.13. The van der Waals surface area contributed by atoms with Crippen LogP contribution in [0.3, 0.4) is 0 Å². The molecular formula is C13H13FN2O. The van der Waals surface area contributed by atoms with Crippen molar-refractivity contribution in [2.24, 2.45) is 0 Å². The van der Waals surface area contributed by atoms with Gasteiger partial charge in [-0.15, -0.1) is 0 Å². The molecule has 4 heteroatoms. The first-order chi connectivity index (χ1) is 7.99. The van der Waals surface area contributed by atoms with Gasteiger partial charge >= 0.3 is 0 Å². The lowest BCUT2D eigenvalue weighted by atomic mass is 10.1. The van der Waals surface area contributed by atoms with Gasteiger partial charge in [-0.05, 0) is 31.2 Å². The Morgan fingerprint density at radius 1 is 1.29 bits per heavy atom. The summed E-state index contributed by atoms with van der Waals surface area (Å²) in [5, 5.41) is 0.640. The Kier molecular flexibility index (Phi) is 2.79. The number of benzene rings is 1. The largest absolute Gasteiger partial charge is 0.345 e. The van der Waals surface area contributed by atoms with Crippen molar-refractivity contribution in [3.8, 4) is 0 Å². The zero-order chi connectivity index (χ0) is 12.6. The fourth-order valence-corrected chi connectivity index (χ4v) is 1.70. The lowest BCUT2D eigenvalue weighted by molar-refractivity contribution is 0.0826. The number of hydrogen-bond acceptors (Lipinski definition) is 2. The van der Waals surface area contributed by atoms with Gasteiger partial charge in [0.1, 0.15) is 5.82 Å². The number of amides is 1. The average Bonchev–Trinajstić information content (AvgIpc) is 2.27. The molecule has 1 amide bonds. The first kappa shape index (κ1) is 11.5. The smallest absolute Gasteiger partial charge is 0.255 e. The van der Waals surface area contributed by atoms with Crippen LogP contribution in [0, 0.1) is 12.7 Å². The van der Waals surface area contributed by atoms with Crippen molar-refractivity contribution >= 4 is 16.8 Å². The van der Waals surface area contributed by atoms with E-state index in [2.05, 4.69) is 4.98 Å². The minimum atomic E-state index is -0.327. The van der Waals surface area contributed by atoms with Crippen LogP contribution in [-0.2, 0) is 0 Å². The topological polar surface area (TPSA) is 33.2 Å². The fraction of sp³-hybridized carbons (Fsp3) is 0.231. The van der Waals surface area contributed by atoms with Gasteiger partial charge in [-0.2, -0.15) is 0 Å². The molecular weight excluding hydrogens is 219 g/mol. The highest BCUT2D eigenvalue weighted by Crippen LogP contribution is 2.18. The third-order valence-corrected chi connectivity index (χ3v) is 2.60. The summed E-state index contributed by atoms with van der Waals surface area (Å²) < 4.78 is 13.1. The molecule has 0 aliphatic carbocycles. The maximum Gasteiger partial charge on any atom is 0.255 e. The lowest BCUT2D eigenvalue weighted by Crippen LogP contribution is -2.22. The summed E-state index contributed by atoms with van der Waals surface area (Å²) >= 11 is 0. The van der Waals surface area contributed by atoms with Gasteiger partial charge in [0.05, 0.1) is 16.8 Å². The number of carbonyl (C=O) groups excluding carboxylic acids is 1. The van der Waals surface area contributed by atoms with Crippen molar-refractivity contribution in [3.05, 3.63) is 41.3 Å². The Hall–Kier alpha value is -1.97. The Morgan fingerprint density at radius 3 is 2.65 bits per heavy atom. The van der Waals surface area contributed by atoms with Crippen molar-refractivity contribution < 1.29 is 9.18 Å². The normalized spacial score (nSPS) is 10.6. The Labute approximate surface area is 98.9 Å². The number of rotatable bonds is 1. The maximum atomic E-state index is 13.1. The van der Waals surface area contributed by atoms with Gasteiger partial charge in [-0.3, -0.25) is 9.78 Å². The van der Waals surface area contributed by atoms with Crippen LogP contribution in [0.15, 0.2) is 24.3 Å². The van der Waals surface area contributed by atoms with Crippen LogP contribution < -0.4 is 0 Å². The Bertz CT molecular complexity index is 593. The second-order valence-corrected chi connectivity index (χ2v) is 4.16. The van der Waals surface area contributed by atoms with Crippen LogP contribution in [0.1, 0.15) is 16.1 Å². The standard InChI is InChI=1S/C13H13FN2O/c1-8-11(13(17)16(2)3)7-9-6-10(14)4-5-12(9)15-8/h4-7H,1-3H3. The van der Waals surface area contributed by atoms with E-state index in [-0.39, 0.29) is 11.7 Å². The number of pyridine rings is 1. The van der Waals surface area contributed by atoms with E-state index in [9.17, 15) is 9.18 Å². The van der Waals surface area contributed by atoms with Crippen molar-refractivity contribution in [1.29, 1.82) is 0 Å².